The Bertz CT molecular complexity index is 456. The Morgan fingerprint density at radius 1 is 0.565 bits per heavy atom. The van der Waals surface area contributed by atoms with Crippen molar-refractivity contribution in [1.29, 1.82) is 0 Å². The van der Waals surface area contributed by atoms with Gasteiger partial charge in [-0.1, -0.05) is 0 Å². The fraction of sp³-hybridized carbons (Fsp3) is 1.00. The maximum absolute atomic E-state index is 5.98. The standard InChI is InChI=1S/C17H24O6/c1-3-15(5-13-11(1)22-13)7-18-17(19-8-15)20-9-16(10-21-17)4-2-12-14(6-16)23-12/h11-14H,1-10H2. The van der Waals surface area contributed by atoms with Crippen LogP contribution >= 0.6 is 0 Å². The molecule has 6 rings (SSSR count). The minimum atomic E-state index is -1.26. The second kappa shape index (κ2) is 4.48. The van der Waals surface area contributed by atoms with Crippen LogP contribution in [0.5, 0.6) is 0 Å². The van der Waals surface area contributed by atoms with E-state index in [-0.39, 0.29) is 10.8 Å². The molecule has 4 heterocycles. The lowest BCUT2D eigenvalue weighted by atomic mass is 9.74. The molecule has 6 nitrogen and oxygen atoms in total. The minimum absolute atomic E-state index is 0.0880. The molecule has 6 heteroatoms. The molecule has 0 radical (unpaired) electrons. The third kappa shape index (κ3) is 2.23. The van der Waals surface area contributed by atoms with Gasteiger partial charge in [-0.25, -0.2) is 0 Å². The summed E-state index contributed by atoms with van der Waals surface area (Å²) in [4.78, 5) is 0. The summed E-state index contributed by atoms with van der Waals surface area (Å²) in [6.07, 6.45) is 7.12. The first-order chi connectivity index (χ1) is 11.2. The maximum Gasteiger partial charge on any atom is 0.412 e. The van der Waals surface area contributed by atoms with Crippen molar-refractivity contribution in [3.63, 3.8) is 0 Å². The number of epoxide rings is 2. The number of hydrogen-bond donors (Lipinski definition) is 0. The summed E-state index contributed by atoms with van der Waals surface area (Å²) in [6, 6.07) is 0. The van der Waals surface area contributed by atoms with E-state index in [1.54, 1.807) is 0 Å². The topological polar surface area (TPSA) is 62.0 Å². The van der Waals surface area contributed by atoms with Gasteiger partial charge in [0.2, 0.25) is 0 Å². The molecular formula is C17H24O6. The van der Waals surface area contributed by atoms with Crippen molar-refractivity contribution in [1.82, 2.24) is 0 Å². The molecule has 0 bridgehead atoms. The lowest BCUT2D eigenvalue weighted by Crippen LogP contribution is -2.59. The Morgan fingerprint density at radius 2 is 1.00 bits per heavy atom. The fourth-order valence-corrected chi connectivity index (χ4v) is 5.00. The highest BCUT2D eigenvalue weighted by atomic mass is 17.0. The second-order valence-electron chi connectivity index (χ2n) is 8.57. The Morgan fingerprint density at radius 3 is 1.39 bits per heavy atom. The fourth-order valence-electron chi connectivity index (χ4n) is 5.00. The van der Waals surface area contributed by atoms with Gasteiger partial charge in [-0.2, -0.15) is 0 Å². The van der Waals surface area contributed by atoms with Gasteiger partial charge in [0.05, 0.1) is 50.8 Å². The molecule has 4 unspecified atom stereocenters. The van der Waals surface area contributed by atoms with Crippen LogP contribution < -0.4 is 0 Å². The normalized spacial score (nSPS) is 60.5. The average Bonchev–Trinajstić information content (AvgIpc) is 3.48. The van der Waals surface area contributed by atoms with E-state index in [4.69, 9.17) is 28.4 Å². The number of ether oxygens (including phenoxy) is 6. The minimum Gasteiger partial charge on any atom is -0.370 e. The number of hydrogen-bond acceptors (Lipinski definition) is 6. The van der Waals surface area contributed by atoms with Gasteiger partial charge in [-0.15, -0.1) is 0 Å². The lowest BCUT2D eigenvalue weighted by molar-refractivity contribution is -0.548. The van der Waals surface area contributed by atoms with Crippen molar-refractivity contribution in [2.24, 2.45) is 10.8 Å². The summed E-state index contributed by atoms with van der Waals surface area (Å²) in [5.41, 5.74) is 0.176. The van der Waals surface area contributed by atoms with E-state index in [2.05, 4.69) is 0 Å². The van der Waals surface area contributed by atoms with E-state index in [1.807, 2.05) is 0 Å². The molecule has 2 saturated carbocycles. The molecular weight excluding hydrogens is 300 g/mol. The zero-order valence-electron chi connectivity index (χ0n) is 13.3. The Hall–Kier alpha value is -0.240. The predicted molar refractivity (Wildman–Crippen MR) is 76.4 cm³/mol. The zero-order chi connectivity index (χ0) is 15.1. The van der Waals surface area contributed by atoms with Crippen LogP contribution in [0.2, 0.25) is 0 Å². The lowest BCUT2D eigenvalue weighted by Gasteiger charge is -2.50. The number of fused-ring (bicyclic) bond motifs is 2. The molecule has 4 aliphatic heterocycles. The van der Waals surface area contributed by atoms with Gasteiger partial charge in [0.1, 0.15) is 0 Å². The molecule has 0 N–H and O–H groups in total. The first kappa shape index (κ1) is 14.0. The van der Waals surface area contributed by atoms with Crippen LogP contribution in [0.3, 0.4) is 0 Å². The van der Waals surface area contributed by atoms with E-state index in [0.717, 1.165) is 38.5 Å². The van der Waals surface area contributed by atoms with Crippen LogP contribution in [0.4, 0.5) is 0 Å². The van der Waals surface area contributed by atoms with Crippen LogP contribution in [0.1, 0.15) is 38.5 Å². The first-order valence-corrected chi connectivity index (χ1v) is 9.04. The summed E-state index contributed by atoms with van der Waals surface area (Å²) in [5.74, 6) is 0. The zero-order valence-corrected chi connectivity index (χ0v) is 13.3. The van der Waals surface area contributed by atoms with Gasteiger partial charge in [0.15, 0.2) is 0 Å². The Labute approximate surface area is 135 Å². The molecule has 6 fully saturated rings. The summed E-state index contributed by atoms with van der Waals surface area (Å²) in [7, 11) is 0. The molecule has 0 aromatic carbocycles. The molecule has 0 amide bonds. The van der Waals surface area contributed by atoms with E-state index < -0.39 is 6.16 Å². The van der Waals surface area contributed by atoms with Crippen molar-refractivity contribution in [3.8, 4) is 0 Å². The van der Waals surface area contributed by atoms with Crippen molar-refractivity contribution < 1.29 is 28.4 Å². The van der Waals surface area contributed by atoms with Gasteiger partial charge < -0.3 is 28.4 Å². The third-order valence-corrected chi connectivity index (χ3v) is 6.78. The maximum atomic E-state index is 5.98. The Kier molecular flexibility index (Phi) is 2.72. The molecule has 23 heavy (non-hydrogen) atoms. The van der Waals surface area contributed by atoms with Gasteiger partial charge >= 0.3 is 6.16 Å². The highest BCUT2D eigenvalue weighted by Crippen LogP contribution is 2.52. The van der Waals surface area contributed by atoms with Gasteiger partial charge in [-0.3, -0.25) is 0 Å². The third-order valence-electron chi connectivity index (χ3n) is 6.78. The van der Waals surface area contributed by atoms with E-state index in [9.17, 15) is 0 Å². The summed E-state index contributed by atoms with van der Waals surface area (Å²) in [5, 5.41) is 0. The van der Waals surface area contributed by atoms with Gasteiger partial charge in [-0.05, 0) is 38.5 Å². The summed E-state index contributed by atoms with van der Waals surface area (Å²) < 4.78 is 35.2. The molecule has 4 saturated heterocycles. The SMILES string of the molecule is C1CC2(COC3(OC2)OCC2(CCC4OC4C2)CO3)CC2OC12. The van der Waals surface area contributed by atoms with Crippen LogP contribution in [0, 0.1) is 10.8 Å². The van der Waals surface area contributed by atoms with Crippen LogP contribution in [0.25, 0.3) is 0 Å². The number of rotatable bonds is 0. The summed E-state index contributed by atoms with van der Waals surface area (Å²) >= 11 is 0. The average molecular weight is 324 g/mol. The van der Waals surface area contributed by atoms with Crippen molar-refractivity contribution in [2.75, 3.05) is 26.4 Å². The summed E-state index contributed by atoms with van der Waals surface area (Å²) in [6.45, 7) is 2.56. The predicted octanol–water partition coefficient (Wildman–Crippen LogP) is 1.57. The highest BCUT2D eigenvalue weighted by Gasteiger charge is 2.59. The van der Waals surface area contributed by atoms with Gasteiger partial charge in [0.25, 0.3) is 0 Å². The van der Waals surface area contributed by atoms with E-state index in [0.29, 0.717) is 50.8 Å². The van der Waals surface area contributed by atoms with Crippen LogP contribution in [-0.2, 0) is 28.4 Å². The van der Waals surface area contributed by atoms with E-state index >= 15 is 0 Å². The van der Waals surface area contributed by atoms with Gasteiger partial charge in [0, 0.05) is 10.8 Å². The second-order valence-corrected chi connectivity index (χ2v) is 8.57. The highest BCUT2D eigenvalue weighted by molar-refractivity contribution is 5.01. The molecule has 128 valence electrons. The largest absolute Gasteiger partial charge is 0.412 e. The smallest absolute Gasteiger partial charge is 0.370 e. The Balaban J connectivity index is 1.10. The van der Waals surface area contributed by atoms with Crippen LogP contribution in [-0.4, -0.2) is 57.0 Å². The molecule has 0 aromatic heterocycles. The molecule has 2 aliphatic carbocycles. The van der Waals surface area contributed by atoms with Crippen molar-refractivity contribution in [3.05, 3.63) is 0 Å². The molecule has 3 spiro atoms. The molecule has 0 aromatic rings. The van der Waals surface area contributed by atoms with E-state index in [1.165, 1.54) is 0 Å². The molecule has 6 aliphatic rings. The monoisotopic (exact) mass is 324 g/mol. The molecule has 4 atom stereocenters. The first-order valence-electron chi connectivity index (χ1n) is 9.04. The van der Waals surface area contributed by atoms with Crippen molar-refractivity contribution >= 4 is 0 Å². The quantitative estimate of drug-likeness (QED) is 0.630. The van der Waals surface area contributed by atoms with Crippen LogP contribution in [0.15, 0.2) is 0 Å². The van der Waals surface area contributed by atoms with Crippen molar-refractivity contribution in [2.45, 2.75) is 69.1 Å².